The number of benzene rings is 1. The monoisotopic (exact) mass is 423 g/mol. The Labute approximate surface area is 185 Å². The predicted molar refractivity (Wildman–Crippen MR) is 122 cm³/mol. The average Bonchev–Trinajstić information content (AvgIpc) is 2.78. The highest BCUT2D eigenvalue weighted by atomic mass is 16.2. The third-order valence-electron chi connectivity index (χ3n) is 5.75. The smallest absolute Gasteiger partial charge is 0.271 e. The van der Waals surface area contributed by atoms with E-state index >= 15 is 0 Å². The summed E-state index contributed by atoms with van der Waals surface area (Å²) in [6.07, 6.45) is 0. The Kier molecular flexibility index (Phi) is 7.76. The summed E-state index contributed by atoms with van der Waals surface area (Å²) in [4.78, 5) is 35.3. The minimum atomic E-state index is -0.188. The number of nitrogens with one attached hydrogen (secondary N) is 1. The second kappa shape index (κ2) is 10.5. The molecule has 1 saturated heterocycles. The lowest BCUT2D eigenvalue weighted by atomic mass is 10.1. The van der Waals surface area contributed by atoms with Crippen LogP contribution in [0.15, 0.2) is 36.4 Å². The molecule has 1 aromatic carbocycles. The number of carbonyl (C=O) groups excluding carboxylic acids is 2. The van der Waals surface area contributed by atoms with E-state index < -0.39 is 0 Å². The molecule has 2 heterocycles. The minimum Gasteiger partial charge on any atom is -0.348 e. The van der Waals surface area contributed by atoms with Gasteiger partial charge in [0.05, 0.1) is 11.3 Å². The topological polar surface area (TPSA) is 68.8 Å². The second-order valence-electron chi connectivity index (χ2n) is 8.24. The number of likely N-dealkylation sites (N-methyl/N-ethyl adjacent to an activating group) is 1. The first-order valence-corrected chi connectivity index (χ1v) is 10.9. The average molecular weight is 424 g/mol. The van der Waals surface area contributed by atoms with Crippen LogP contribution in [-0.4, -0.2) is 78.3 Å². The maximum absolute atomic E-state index is 12.6. The lowest BCUT2D eigenvalue weighted by molar-refractivity contribution is 0.0820. The van der Waals surface area contributed by atoms with E-state index in [0.29, 0.717) is 23.5 Å². The normalized spacial score (nSPS) is 15.0. The number of nitrogens with zero attached hydrogens (tertiary/aromatic N) is 4. The molecule has 7 heteroatoms. The van der Waals surface area contributed by atoms with Crippen LogP contribution in [0.2, 0.25) is 0 Å². The molecule has 0 radical (unpaired) electrons. The van der Waals surface area contributed by atoms with Crippen LogP contribution in [0, 0.1) is 6.92 Å². The Morgan fingerprint density at radius 2 is 1.58 bits per heavy atom. The summed E-state index contributed by atoms with van der Waals surface area (Å²) < 4.78 is 0. The molecule has 0 bridgehead atoms. The van der Waals surface area contributed by atoms with Crippen LogP contribution in [-0.2, 0) is 13.1 Å². The molecule has 0 unspecified atom stereocenters. The molecule has 7 nitrogen and oxygen atoms in total. The van der Waals surface area contributed by atoms with Crippen molar-refractivity contribution in [3.05, 3.63) is 64.5 Å². The Morgan fingerprint density at radius 1 is 0.968 bits per heavy atom. The molecule has 31 heavy (non-hydrogen) atoms. The van der Waals surface area contributed by atoms with Crippen molar-refractivity contribution in [1.82, 2.24) is 25.0 Å². The van der Waals surface area contributed by atoms with E-state index in [0.717, 1.165) is 44.8 Å². The van der Waals surface area contributed by atoms with Crippen molar-refractivity contribution < 1.29 is 9.59 Å². The number of piperazine rings is 1. The van der Waals surface area contributed by atoms with Gasteiger partial charge in [-0.25, -0.2) is 4.98 Å². The van der Waals surface area contributed by atoms with Gasteiger partial charge in [-0.2, -0.15) is 0 Å². The van der Waals surface area contributed by atoms with Gasteiger partial charge in [-0.1, -0.05) is 31.2 Å². The first-order valence-electron chi connectivity index (χ1n) is 10.9. The number of carbonyl (C=O) groups is 2. The van der Waals surface area contributed by atoms with Gasteiger partial charge in [-0.3, -0.25) is 14.5 Å². The fourth-order valence-electron chi connectivity index (χ4n) is 3.71. The van der Waals surface area contributed by atoms with Gasteiger partial charge in [-0.15, -0.1) is 0 Å². The third-order valence-corrected chi connectivity index (χ3v) is 5.75. The highest BCUT2D eigenvalue weighted by Gasteiger charge is 2.16. The van der Waals surface area contributed by atoms with Crippen molar-refractivity contribution in [1.29, 1.82) is 0 Å². The number of aromatic nitrogens is 1. The van der Waals surface area contributed by atoms with Crippen molar-refractivity contribution in [2.75, 3.05) is 46.8 Å². The molecule has 1 aliphatic heterocycles. The van der Waals surface area contributed by atoms with E-state index in [4.69, 9.17) is 0 Å². The molecule has 1 N–H and O–H groups in total. The highest BCUT2D eigenvalue weighted by Crippen LogP contribution is 2.12. The first-order chi connectivity index (χ1) is 14.9. The quantitative estimate of drug-likeness (QED) is 0.739. The summed E-state index contributed by atoms with van der Waals surface area (Å²) in [6, 6.07) is 11.7. The Bertz CT molecular complexity index is 903. The van der Waals surface area contributed by atoms with Crippen LogP contribution in [0.25, 0.3) is 0 Å². The van der Waals surface area contributed by atoms with Crippen LogP contribution in [0.1, 0.15) is 44.6 Å². The van der Waals surface area contributed by atoms with Crippen molar-refractivity contribution in [2.24, 2.45) is 0 Å². The number of pyridine rings is 1. The van der Waals surface area contributed by atoms with Crippen LogP contribution in [0.3, 0.4) is 0 Å². The van der Waals surface area contributed by atoms with Crippen LogP contribution >= 0.6 is 0 Å². The first kappa shape index (κ1) is 22.9. The van der Waals surface area contributed by atoms with E-state index in [-0.39, 0.29) is 11.8 Å². The molecule has 0 spiro atoms. The summed E-state index contributed by atoms with van der Waals surface area (Å²) >= 11 is 0. The molecule has 1 aromatic heterocycles. The fraction of sp³-hybridized carbons (Fsp3) is 0.458. The van der Waals surface area contributed by atoms with Gasteiger partial charge in [0.1, 0.15) is 5.69 Å². The number of amides is 2. The number of hydrogen-bond acceptors (Lipinski definition) is 5. The second-order valence-corrected chi connectivity index (χ2v) is 8.24. The van der Waals surface area contributed by atoms with Gasteiger partial charge >= 0.3 is 0 Å². The molecule has 0 aliphatic carbocycles. The largest absolute Gasteiger partial charge is 0.348 e. The lowest BCUT2D eigenvalue weighted by Gasteiger charge is -2.34. The fourth-order valence-corrected chi connectivity index (χ4v) is 3.71. The van der Waals surface area contributed by atoms with Gasteiger partial charge in [0.2, 0.25) is 0 Å². The van der Waals surface area contributed by atoms with Crippen LogP contribution < -0.4 is 5.32 Å². The molecular formula is C24H33N5O2. The van der Waals surface area contributed by atoms with E-state index in [2.05, 4.69) is 51.3 Å². The molecule has 1 fully saturated rings. The van der Waals surface area contributed by atoms with Gasteiger partial charge in [-0.05, 0) is 36.7 Å². The zero-order valence-corrected chi connectivity index (χ0v) is 19.0. The van der Waals surface area contributed by atoms with Gasteiger partial charge in [0.15, 0.2) is 0 Å². The van der Waals surface area contributed by atoms with Gasteiger partial charge in [0, 0.05) is 53.4 Å². The minimum absolute atomic E-state index is 0.178. The summed E-state index contributed by atoms with van der Waals surface area (Å²) in [5, 5.41) is 2.95. The number of rotatable bonds is 7. The Hall–Kier alpha value is -2.77. The highest BCUT2D eigenvalue weighted by molar-refractivity contribution is 5.97. The SMILES string of the molecule is CCN1CCN(Cc2ccc(CNC(=O)c3ccc(C(=O)N(C)C)nc3C)cc2)CC1. The van der Waals surface area contributed by atoms with Crippen LogP contribution in [0.4, 0.5) is 0 Å². The molecule has 2 aromatic rings. The molecule has 0 atom stereocenters. The zero-order chi connectivity index (χ0) is 22.4. The summed E-state index contributed by atoms with van der Waals surface area (Å²) in [6.45, 7) is 11.0. The predicted octanol–water partition coefficient (Wildman–Crippen LogP) is 2.16. The summed E-state index contributed by atoms with van der Waals surface area (Å²) in [7, 11) is 3.36. The lowest BCUT2D eigenvalue weighted by Crippen LogP contribution is -2.45. The number of aryl methyl sites for hydroxylation is 1. The van der Waals surface area contributed by atoms with Crippen molar-refractivity contribution in [3.8, 4) is 0 Å². The molecular weight excluding hydrogens is 390 g/mol. The third kappa shape index (κ3) is 6.12. The molecule has 2 amide bonds. The summed E-state index contributed by atoms with van der Waals surface area (Å²) in [5.41, 5.74) is 3.71. The van der Waals surface area contributed by atoms with Gasteiger partial charge < -0.3 is 15.1 Å². The molecule has 166 valence electrons. The molecule has 1 aliphatic rings. The van der Waals surface area contributed by atoms with E-state index in [1.165, 1.54) is 10.5 Å². The summed E-state index contributed by atoms with van der Waals surface area (Å²) in [5.74, 6) is -0.367. The number of hydrogen-bond donors (Lipinski definition) is 1. The maximum atomic E-state index is 12.6. The van der Waals surface area contributed by atoms with E-state index in [1.54, 1.807) is 33.2 Å². The van der Waals surface area contributed by atoms with Crippen molar-refractivity contribution in [2.45, 2.75) is 26.9 Å². The zero-order valence-electron chi connectivity index (χ0n) is 19.0. The maximum Gasteiger partial charge on any atom is 0.271 e. The van der Waals surface area contributed by atoms with E-state index in [9.17, 15) is 9.59 Å². The van der Waals surface area contributed by atoms with Crippen molar-refractivity contribution >= 4 is 11.8 Å². The van der Waals surface area contributed by atoms with E-state index in [1.807, 2.05) is 0 Å². The molecule has 0 saturated carbocycles. The van der Waals surface area contributed by atoms with Gasteiger partial charge in [0.25, 0.3) is 11.8 Å². The van der Waals surface area contributed by atoms with Crippen molar-refractivity contribution in [3.63, 3.8) is 0 Å². The van der Waals surface area contributed by atoms with Crippen LogP contribution in [0.5, 0.6) is 0 Å². The Morgan fingerprint density at radius 3 is 2.16 bits per heavy atom. The standard InChI is InChI=1S/C24H33N5O2/c1-5-28-12-14-29(15-13-28)17-20-8-6-19(7-9-20)16-25-23(30)21-10-11-22(26-18(21)2)24(31)27(3)4/h6-11H,5,12-17H2,1-4H3,(H,25,30). The molecule has 3 rings (SSSR count). The Balaban J connectivity index is 1.52.